The van der Waals surface area contributed by atoms with Crippen LogP contribution in [0.15, 0.2) is 67.0 Å². The second-order valence-corrected chi connectivity index (χ2v) is 11.2. The van der Waals surface area contributed by atoms with Crippen molar-refractivity contribution in [3.05, 3.63) is 94.8 Å². The molecule has 8 heteroatoms. The number of carbonyl (C=O) groups is 1. The fourth-order valence-corrected chi connectivity index (χ4v) is 5.45. The molecule has 5 rings (SSSR count). The highest BCUT2D eigenvalue weighted by Crippen LogP contribution is 2.40. The molecule has 0 spiro atoms. The van der Waals surface area contributed by atoms with E-state index >= 15 is 0 Å². The normalized spacial score (nSPS) is 27.1. The number of aldehydes is 1. The van der Waals surface area contributed by atoms with Crippen LogP contribution in [0.25, 0.3) is 12.2 Å². The third-order valence-corrected chi connectivity index (χ3v) is 7.83. The molecule has 42 heavy (non-hydrogen) atoms. The van der Waals surface area contributed by atoms with E-state index < -0.39 is 18.7 Å². The third kappa shape index (κ3) is 7.51. The molecule has 222 valence electrons. The molecule has 3 aromatic rings. The van der Waals surface area contributed by atoms with E-state index in [0.717, 1.165) is 23.1 Å². The first-order valence-electron chi connectivity index (χ1n) is 14.6. The SMILES string of the molecule is CCC1CC(C2CC(CC(C)O)OC(c3ccc(O)c(C=O)c3)O2)OC(c2ccc(/C=C/c3cc[n+](C)cc3)cc2)O1. The number of benzene rings is 2. The second kappa shape index (κ2) is 13.7. The molecule has 2 saturated heterocycles. The fourth-order valence-electron chi connectivity index (χ4n) is 5.45. The number of aryl methyl sites for hydroxylation is 1. The first-order valence-corrected chi connectivity index (χ1v) is 14.6. The summed E-state index contributed by atoms with van der Waals surface area (Å²) in [7, 11) is 2.00. The number of aliphatic hydroxyl groups excluding tert-OH is 1. The number of nitrogens with zero attached hydrogens (tertiary/aromatic N) is 1. The van der Waals surface area contributed by atoms with Crippen molar-refractivity contribution in [2.24, 2.45) is 7.05 Å². The summed E-state index contributed by atoms with van der Waals surface area (Å²) in [5, 5.41) is 20.1. The molecule has 2 N–H and O–H groups in total. The number of phenols is 1. The minimum Gasteiger partial charge on any atom is -0.507 e. The zero-order valence-electron chi connectivity index (χ0n) is 24.3. The third-order valence-electron chi connectivity index (χ3n) is 7.83. The molecule has 7 atom stereocenters. The highest BCUT2D eigenvalue weighted by molar-refractivity contribution is 5.79. The van der Waals surface area contributed by atoms with Gasteiger partial charge in [-0.3, -0.25) is 4.79 Å². The number of aromatic hydroxyl groups is 1. The van der Waals surface area contributed by atoms with Crippen LogP contribution < -0.4 is 4.57 Å². The smallest absolute Gasteiger partial charge is 0.184 e. The fraction of sp³-hybridized carbons (Fsp3) is 0.412. The van der Waals surface area contributed by atoms with Gasteiger partial charge in [0, 0.05) is 36.1 Å². The van der Waals surface area contributed by atoms with Gasteiger partial charge in [0.1, 0.15) is 12.8 Å². The van der Waals surface area contributed by atoms with E-state index in [2.05, 4.69) is 43.3 Å². The van der Waals surface area contributed by atoms with E-state index in [4.69, 9.17) is 18.9 Å². The Morgan fingerprint density at radius 2 is 1.43 bits per heavy atom. The molecule has 8 nitrogen and oxygen atoms in total. The summed E-state index contributed by atoms with van der Waals surface area (Å²) < 4.78 is 27.5. The molecule has 2 aromatic carbocycles. The summed E-state index contributed by atoms with van der Waals surface area (Å²) >= 11 is 0. The minimum absolute atomic E-state index is 0.0109. The Kier molecular flexibility index (Phi) is 9.82. The number of phenolic OH excluding ortho intramolecular Hbond substituents is 1. The summed E-state index contributed by atoms with van der Waals surface area (Å²) in [5.41, 5.74) is 3.92. The monoisotopic (exact) mass is 574 g/mol. The number of carbonyl (C=O) groups excluding carboxylic acids is 1. The summed E-state index contributed by atoms with van der Waals surface area (Å²) in [4.78, 5) is 11.4. The van der Waals surface area contributed by atoms with Gasteiger partial charge in [0.25, 0.3) is 0 Å². The Morgan fingerprint density at radius 3 is 2.05 bits per heavy atom. The van der Waals surface area contributed by atoms with E-state index in [-0.39, 0.29) is 35.7 Å². The molecule has 0 saturated carbocycles. The van der Waals surface area contributed by atoms with Gasteiger partial charge in [0.05, 0.1) is 36.1 Å². The van der Waals surface area contributed by atoms with Crippen LogP contribution in [0.2, 0.25) is 0 Å². The van der Waals surface area contributed by atoms with Crippen molar-refractivity contribution in [1.82, 2.24) is 0 Å². The Balaban J connectivity index is 1.33. The number of hydrogen-bond donors (Lipinski definition) is 2. The van der Waals surface area contributed by atoms with Crippen LogP contribution in [0.3, 0.4) is 0 Å². The maximum atomic E-state index is 11.4. The second-order valence-electron chi connectivity index (χ2n) is 11.2. The predicted molar refractivity (Wildman–Crippen MR) is 157 cm³/mol. The van der Waals surface area contributed by atoms with Crippen LogP contribution in [-0.4, -0.2) is 47.0 Å². The molecule has 0 amide bonds. The van der Waals surface area contributed by atoms with Crippen LogP contribution in [0, 0.1) is 0 Å². The van der Waals surface area contributed by atoms with Crippen molar-refractivity contribution in [3.63, 3.8) is 0 Å². The summed E-state index contributed by atoms with van der Waals surface area (Å²) in [6.07, 6.45) is 8.55. The van der Waals surface area contributed by atoms with E-state index in [9.17, 15) is 15.0 Å². The van der Waals surface area contributed by atoms with Crippen LogP contribution in [-0.2, 0) is 26.0 Å². The zero-order chi connectivity index (χ0) is 29.6. The Morgan fingerprint density at radius 1 is 0.857 bits per heavy atom. The highest BCUT2D eigenvalue weighted by Gasteiger charge is 2.41. The number of aliphatic hydroxyl groups is 1. The number of aromatic nitrogens is 1. The summed E-state index contributed by atoms with van der Waals surface area (Å²) in [6, 6.07) is 17.0. The average molecular weight is 575 g/mol. The van der Waals surface area contributed by atoms with Gasteiger partial charge in [0.15, 0.2) is 31.3 Å². The maximum absolute atomic E-state index is 11.4. The lowest BCUT2D eigenvalue weighted by Crippen LogP contribution is -2.47. The molecular weight excluding hydrogens is 534 g/mol. The van der Waals surface area contributed by atoms with E-state index in [1.54, 1.807) is 19.1 Å². The predicted octanol–water partition coefficient (Wildman–Crippen LogP) is 5.43. The Labute approximate surface area is 247 Å². The van der Waals surface area contributed by atoms with Crippen LogP contribution >= 0.6 is 0 Å². The summed E-state index contributed by atoms with van der Waals surface area (Å²) in [6.45, 7) is 3.84. The van der Waals surface area contributed by atoms with Gasteiger partial charge in [-0.1, -0.05) is 49.4 Å². The molecule has 1 aromatic heterocycles. The van der Waals surface area contributed by atoms with Crippen molar-refractivity contribution in [2.45, 2.75) is 82.6 Å². The number of ether oxygens (including phenoxy) is 4. The van der Waals surface area contributed by atoms with Gasteiger partial charge in [-0.25, -0.2) is 4.57 Å². The molecule has 0 aliphatic carbocycles. The topological polar surface area (TPSA) is 98.3 Å². The lowest BCUT2D eigenvalue weighted by molar-refractivity contribution is -0.671. The zero-order valence-corrected chi connectivity index (χ0v) is 24.3. The molecule has 0 radical (unpaired) electrons. The van der Waals surface area contributed by atoms with Crippen molar-refractivity contribution < 1.29 is 38.5 Å². The van der Waals surface area contributed by atoms with Gasteiger partial charge in [-0.2, -0.15) is 0 Å². The number of hydrogen-bond acceptors (Lipinski definition) is 7. The first kappa shape index (κ1) is 30.1. The maximum Gasteiger partial charge on any atom is 0.184 e. The van der Waals surface area contributed by atoms with Crippen molar-refractivity contribution in [1.29, 1.82) is 0 Å². The molecule has 7 unspecified atom stereocenters. The van der Waals surface area contributed by atoms with Gasteiger partial charge in [-0.05, 0) is 43.0 Å². The number of pyridine rings is 1. The number of rotatable bonds is 9. The Bertz CT molecular complexity index is 1360. The van der Waals surface area contributed by atoms with Crippen LogP contribution in [0.1, 0.15) is 84.7 Å². The van der Waals surface area contributed by atoms with Crippen molar-refractivity contribution >= 4 is 18.4 Å². The van der Waals surface area contributed by atoms with E-state index in [1.807, 2.05) is 36.1 Å². The average Bonchev–Trinajstić information content (AvgIpc) is 3.00. The molecule has 3 heterocycles. The summed E-state index contributed by atoms with van der Waals surface area (Å²) in [5.74, 6) is -0.0983. The van der Waals surface area contributed by atoms with Gasteiger partial charge in [-0.15, -0.1) is 0 Å². The molecule has 2 aliphatic heterocycles. The molecule has 2 fully saturated rings. The highest BCUT2D eigenvalue weighted by atomic mass is 16.7. The van der Waals surface area contributed by atoms with Crippen molar-refractivity contribution in [3.8, 4) is 5.75 Å². The molecular formula is C34H40NO7+. The Hall–Kier alpha value is -3.40. The van der Waals surface area contributed by atoms with Crippen LogP contribution in [0.5, 0.6) is 5.75 Å². The lowest BCUT2D eigenvalue weighted by Gasteiger charge is -2.44. The van der Waals surface area contributed by atoms with E-state index in [1.165, 1.54) is 6.07 Å². The largest absolute Gasteiger partial charge is 0.507 e. The lowest BCUT2D eigenvalue weighted by atomic mass is 9.95. The first-order chi connectivity index (χ1) is 20.3. The van der Waals surface area contributed by atoms with Gasteiger partial charge >= 0.3 is 0 Å². The molecule has 0 bridgehead atoms. The quantitative estimate of drug-likeness (QED) is 0.260. The van der Waals surface area contributed by atoms with Gasteiger partial charge in [0.2, 0.25) is 0 Å². The standard InChI is InChI=1S/C34H39NO7/c1-4-28-19-31(32-20-29(17-22(2)37)40-34(42-32)26-11-12-30(38)27(18-26)21-36)41-33(39-28)25-9-7-23(8-10-25)5-6-24-13-15-35(3)16-14-24/h5-16,18,21-22,28-29,31-34,37H,4,17,19-20H2,1-3H3/p+1/b6-5+. The van der Waals surface area contributed by atoms with Crippen LogP contribution in [0.4, 0.5) is 0 Å². The van der Waals surface area contributed by atoms with Gasteiger partial charge < -0.3 is 29.2 Å². The van der Waals surface area contributed by atoms with E-state index in [0.29, 0.717) is 31.1 Å². The minimum atomic E-state index is -0.769. The van der Waals surface area contributed by atoms with Crippen molar-refractivity contribution in [2.75, 3.05) is 0 Å². The molecule has 2 aliphatic rings.